The van der Waals surface area contributed by atoms with E-state index < -0.39 is 6.04 Å². The summed E-state index contributed by atoms with van der Waals surface area (Å²) >= 11 is 0. The monoisotopic (exact) mass is 408 g/mol. The van der Waals surface area contributed by atoms with E-state index in [9.17, 15) is 9.59 Å². The molecule has 0 bridgehead atoms. The standard InChI is InChI=1S/C26H36N2O2/c1-20-13-15-22(16-14-20)25-26(30)28(23-11-7-2-3-8-12-23)19-24(29)27(25)18-17-21-9-5-4-6-10-21/h9,13-16,23,25H,2-8,10-12,17-19H2,1H3/t25-/m0/s1. The first-order valence-electron chi connectivity index (χ1n) is 12.0. The SMILES string of the molecule is Cc1ccc([C@H]2C(=O)N(C3CCCCCC3)CC(=O)N2CCC2=CCCCC2)cc1. The van der Waals surface area contributed by atoms with Gasteiger partial charge in [-0.1, -0.05) is 67.2 Å². The van der Waals surface area contributed by atoms with Crippen LogP contribution in [0.4, 0.5) is 0 Å². The second-order valence-electron chi connectivity index (χ2n) is 9.37. The molecule has 0 N–H and O–H groups in total. The van der Waals surface area contributed by atoms with Gasteiger partial charge in [-0.15, -0.1) is 0 Å². The molecule has 4 rings (SSSR count). The number of hydrogen-bond donors (Lipinski definition) is 0. The minimum absolute atomic E-state index is 0.112. The highest BCUT2D eigenvalue weighted by Gasteiger charge is 2.42. The normalized spacial score (nSPS) is 24.0. The van der Waals surface area contributed by atoms with Gasteiger partial charge in [0.2, 0.25) is 5.91 Å². The summed E-state index contributed by atoms with van der Waals surface area (Å²) in [6.07, 6.45) is 14.9. The van der Waals surface area contributed by atoms with Crippen LogP contribution < -0.4 is 0 Å². The minimum Gasteiger partial charge on any atom is -0.328 e. The Morgan fingerprint density at radius 3 is 2.33 bits per heavy atom. The highest BCUT2D eigenvalue weighted by molar-refractivity contribution is 5.95. The Labute approximate surface area is 181 Å². The van der Waals surface area contributed by atoms with Crippen molar-refractivity contribution in [1.29, 1.82) is 0 Å². The summed E-state index contributed by atoms with van der Waals surface area (Å²) in [6, 6.07) is 7.93. The molecular weight excluding hydrogens is 372 g/mol. The van der Waals surface area contributed by atoms with Crippen LogP contribution in [0.15, 0.2) is 35.9 Å². The number of carbonyl (C=O) groups is 2. The quantitative estimate of drug-likeness (QED) is 0.489. The van der Waals surface area contributed by atoms with Crippen molar-refractivity contribution in [2.24, 2.45) is 0 Å². The van der Waals surface area contributed by atoms with Crippen LogP contribution in [0.2, 0.25) is 0 Å². The van der Waals surface area contributed by atoms with E-state index in [0.29, 0.717) is 6.54 Å². The van der Waals surface area contributed by atoms with Crippen molar-refractivity contribution in [3.05, 3.63) is 47.0 Å². The molecule has 30 heavy (non-hydrogen) atoms. The molecule has 0 radical (unpaired) electrons. The first-order chi connectivity index (χ1) is 14.6. The molecule has 2 fully saturated rings. The van der Waals surface area contributed by atoms with Gasteiger partial charge >= 0.3 is 0 Å². The van der Waals surface area contributed by atoms with E-state index in [1.807, 2.05) is 21.9 Å². The molecule has 1 saturated carbocycles. The lowest BCUT2D eigenvalue weighted by Crippen LogP contribution is -2.58. The van der Waals surface area contributed by atoms with E-state index in [0.717, 1.165) is 50.5 Å². The molecular formula is C26H36N2O2. The minimum atomic E-state index is -0.473. The molecule has 1 aromatic carbocycles. The second kappa shape index (κ2) is 9.80. The van der Waals surface area contributed by atoms with Crippen LogP contribution in [0, 0.1) is 6.92 Å². The number of amides is 2. The highest BCUT2D eigenvalue weighted by Crippen LogP contribution is 2.33. The summed E-state index contributed by atoms with van der Waals surface area (Å²) in [5.74, 6) is 0.240. The van der Waals surface area contributed by atoms with Gasteiger partial charge < -0.3 is 9.80 Å². The lowest BCUT2D eigenvalue weighted by atomic mass is 9.94. The smallest absolute Gasteiger partial charge is 0.250 e. The fourth-order valence-electron chi connectivity index (χ4n) is 5.35. The van der Waals surface area contributed by atoms with Crippen molar-refractivity contribution in [1.82, 2.24) is 9.80 Å². The number of aryl methyl sites for hydroxylation is 1. The Balaban J connectivity index is 1.58. The fourth-order valence-corrected chi connectivity index (χ4v) is 5.35. The van der Waals surface area contributed by atoms with Gasteiger partial charge in [0.25, 0.3) is 5.91 Å². The topological polar surface area (TPSA) is 40.6 Å². The van der Waals surface area contributed by atoms with E-state index >= 15 is 0 Å². The molecule has 3 aliphatic rings. The fraction of sp³-hybridized carbons (Fsp3) is 0.615. The third kappa shape index (κ3) is 4.79. The molecule has 0 spiro atoms. The first-order valence-corrected chi connectivity index (χ1v) is 12.0. The zero-order valence-electron chi connectivity index (χ0n) is 18.4. The van der Waals surface area contributed by atoms with Crippen molar-refractivity contribution in [2.45, 2.75) is 89.6 Å². The van der Waals surface area contributed by atoms with Crippen LogP contribution in [-0.2, 0) is 9.59 Å². The van der Waals surface area contributed by atoms with Gasteiger partial charge in [0.1, 0.15) is 12.6 Å². The Morgan fingerprint density at radius 2 is 1.67 bits per heavy atom. The van der Waals surface area contributed by atoms with Crippen molar-refractivity contribution in [2.75, 3.05) is 13.1 Å². The average molecular weight is 409 g/mol. The number of benzene rings is 1. The third-order valence-electron chi connectivity index (χ3n) is 7.17. The molecule has 1 aromatic rings. The first kappa shape index (κ1) is 21.1. The summed E-state index contributed by atoms with van der Waals surface area (Å²) in [5, 5.41) is 0. The predicted octanol–water partition coefficient (Wildman–Crippen LogP) is 5.32. The van der Waals surface area contributed by atoms with Gasteiger partial charge in [-0.3, -0.25) is 9.59 Å². The Morgan fingerprint density at radius 1 is 0.933 bits per heavy atom. The second-order valence-corrected chi connectivity index (χ2v) is 9.37. The van der Waals surface area contributed by atoms with Crippen LogP contribution >= 0.6 is 0 Å². The summed E-state index contributed by atoms with van der Waals surface area (Å²) < 4.78 is 0. The number of carbonyl (C=O) groups excluding carboxylic acids is 2. The molecule has 4 heteroatoms. The summed E-state index contributed by atoms with van der Waals surface area (Å²) in [4.78, 5) is 30.9. The zero-order chi connectivity index (χ0) is 20.9. The molecule has 0 aromatic heterocycles. The highest BCUT2D eigenvalue weighted by atomic mass is 16.2. The maximum Gasteiger partial charge on any atom is 0.250 e. The van der Waals surface area contributed by atoms with E-state index in [1.54, 1.807) is 0 Å². The predicted molar refractivity (Wildman–Crippen MR) is 120 cm³/mol. The van der Waals surface area contributed by atoms with Crippen molar-refractivity contribution in [3.63, 3.8) is 0 Å². The average Bonchev–Trinajstić information content (AvgIpc) is 3.05. The number of nitrogens with zero attached hydrogens (tertiary/aromatic N) is 2. The maximum absolute atomic E-state index is 13.7. The lowest BCUT2D eigenvalue weighted by molar-refractivity contribution is -0.158. The van der Waals surface area contributed by atoms with Gasteiger partial charge in [0, 0.05) is 12.6 Å². The third-order valence-corrected chi connectivity index (χ3v) is 7.17. The maximum atomic E-state index is 13.7. The molecule has 2 amide bonds. The van der Waals surface area contributed by atoms with Gasteiger partial charge in [0.15, 0.2) is 0 Å². The molecule has 4 nitrogen and oxygen atoms in total. The Bertz CT molecular complexity index is 775. The summed E-state index contributed by atoms with van der Waals surface area (Å²) in [5.41, 5.74) is 3.58. The van der Waals surface area contributed by atoms with Gasteiger partial charge in [-0.05, 0) is 57.4 Å². The summed E-state index contributed by atoms with van der Waals surface area (Å²) in [6.45, 7) is 2.96. The van der Waals surface area contributed by atoms with E-state index in [2.05, 4.69) is 25.1 Å². The molecule has 1 heterocycles. The van der Waals surface area contributed by atoms with E-state index in [1.165, 1.54) is 36.8 Å². The number of piperazine rings is 1. The van der Waals surface area contributed by atoms with E-state index in [-0.39, 0.29) is 24.4 Å². The number of rotatable bonds is 5. The number of hydrogen-bond acceptors (Lipinski definition) is 2. The molecule has 162 valence electrons. The van der Waals surface area contributed by atoms with Crippen molar-refractivity contribution < 1.29 is 9.59 Å². The lowest BCUT2D eigenvalue weighted by Gasteiger charge is -2.43. The van der Waals surface area contributed by atoms with Crippen LogP contribution in [0.25, 0.3) is 0 Å². The van der Waals surface area contributed by atoms with E-state index in [4.69, 9.17) is 0 Å². The van der Waals surface area contributed by atoms with Gasteiger partial charge in [0.05, 0.1) is 0 Å². The van der Waals surface area contributed by atoms with Crippen LogP contribution in [0.3, 0.4) is 0 Å². The van der Waals surface area contributed by atoms with Gasteiger partial charge in [-0.25, -0.2) is 0 Å². The van der Waals surface area contributed by atoms with Crippen LogP contribution in [0.5, 0.6) is 0 Å². The molecule has 2 aliphatic carbocycles. The summed E-state index contributed by atoms with van der Waals surface area (Å²) in [7, 11) is 0. The van der Waals surface area contributed by atoms with Crippen molar-refractivity contribution in [3.8, 4) is 0 Å². The molecule has 1 saturated heterocycles. The Hall–Kier alpha value is -2.10. The largest absolute Gasteiger partial charge is 0.328 e. The molecule has 1 aliphatic heterocycles. The van der Waals surface area contributed by atoms with Gasteiger partial charge in [-0.2, -0.15) is 0 Å². The van der Waals surface area contributed by atoms with Crippen LogP contribution in [-0.4, -0.2) is 40.7 Å². The Kier molecular flexibility index (Phi) is 6.91. The van der Waals surface area contributed by atoms with Crippen LogP contribution in [0.1, 0.15) is 87.8 Å². The number of allylic oxidation sites excluding steroid dienone is 1. The van der Waals surface area contributed by atoms with Crippen molar-refractivity contribution >= 4 is 11.8 Å². The molecule has 0 unspecified atom stereocenters. The molecule has 1 atom stereocenters. The zero-order valence-corrected chi connectivity index (χ0v) is 18.4.